The highest BCUT2D eigenvalue weighted by molar-refractivity contribution is 5.41. The lowest BCUT2D eigenvalue weighted by Crippen LogP contribution is -2.37. The van der Waals surface area contributed by atoms with Crippen molar-refractivity contribution in [2.24, 2.45) is 0 Å². The van der Waals surface area contributed by atoms with Gasteiger partial charge >= 0.3 is 0 Å². The second kappa shape index (κ2) is 6.10. The number of aromatic nitrogens is 4. The maximum absolute atomic E-state index is 11.9. The molecule has 1 aliphatic heterocycles. The third-order valence-electron chi connectivity index (χ3n) is 3.52. The zero-order valence-corrected chi connectivity index (χ0v) is 12.5. The Bertz CT molecular complexity index is 701. The first kappa shape index (κ1) is 14.5. The van der Waals surface area contributed by atoms with Gasteiger partial charge < -0.3 is 15.0 Å². The third kappa shape index (κ3) is 2.91. The van der Waals surface area contributed by atoms with Crippen LogP contribution in [0.5, 0.6) is 0 Å². The van der Waals surface area contributed by atoms with Crippen LogP contribution in [0.4, 0.5) is 11.8 Å². The summed E-state index contributed by atoms with van der Waals surface area (Å²) in [6.45, 7) is 0.908. The molecule has 1 saturated heterocycles. The second-order valence-electron chi connectivity index (χ2n) is 5.29. The molecule has 0 saturated carbocycles. The van der Waals surface area contributed by atoms with Crippen molar-refractivity contribution in [3.8, 4) is 0 Å². The van der Waals surface area contributed by atoms with E-state index in [9.17, 15) is 4.79 Å². The van der Waals surface area contributed by atoms with Gasteiger partial charge in [-0.25, -0.2) is 9.67 Å². The monoisotopic (exact) mass is 302 g/mol. The molecule has 116 valence electrons. The van der Waals surface area contributed by atoms with Crippen LogP contribution in [0.3, 0.4) is 0 Å². The van der Waals surface area contributed by atoms with Crippen LogP contribution in [-0.4, -0.2) is 53.1 Å². The zero-order valence-electron chi connectivity index (χ0n) is 12.5. The van der Waals surface area contributed by atoms with Gasteiger partial charge in [-0.1, -0.05) is 0 Å². The van der Waals surface area contributed by atoms with Crippen LogP contribution in [0.1, 0.15) is 6.04 Å². The van der Waals surface area contributed by atoms with Gasteiger partial charge in [0.25, 0.3) is 5.56 Å². The van der Waals surface area contributed by atoms with Crippen LogP contribution in [0, 0.1) is 0 Å². The van der Waals surface area contributed by atoms with E-state index in [1.807, 2.05) is 25.1 Å². The Hall–Kier alpha value is -2.48. The molecule has 3 heterocycles. The quantitative estimate of drug-likeness (QED) is 0.860. The summed E-state index contributed by atoms with van der Waals surface area (Å²) in [4.78, 5) is 22.5. The maximum atomic E-state index is 11.9. The molecular weight excluding hydrogens is 284 g/mol. The molecule has 22 heavy (non-hydrogen) atoms. The summed E-state index contributed by atoms with van der Waals surface area (Å²) < 4.78 is 6.95. The van der Waals surface area contributed by atoms with Gasteiger partial charge in [-0.15, -0.1) is 0 Å². The Kier molecular flexibility index (Phi) is 4.01. The maximum Gasteiger partial charge on any atom is 0.267 e. The molecule has 3 rings (SSSR count). The standard InChI is InChI=1S/C14H18N6O2/c1-19(2)12-5-7-15-14(18-12)17-10-8-22-9-11(10)20-13(21)4-3-6-16-20/h3-7,10-11H,8-9H2,1-2H3,(H,15,17,18). The van der Waals surface area contributed by atoms with Crippen molar-refractivity contribution >= 4 is 11.8 Å². The minimum Gasteiger partial charge on any atom is -0.377 e. The van der Waals surface area contributed by atoms with Crippen molar-refractivity contribution in [3.63, 3.8) is 0 Å². The Labute approximate surface area is 127 Å². The Balaban J connectivity index is 1.81. The molecule has 0 aliphatic carbocycles. The van der Waals surface area contributed by atoms with E-state index in [2.05, 4.69) is 20.4 Å². The van der Waals surface area contributed by atoms with E-state index >= 15 is 0 Å². The second-order valence-corrected chi connectivity index (χ2v) is 5.29. The lowest BCUT2D eigenvalue weighted by atomic mass is 10.2. The van der Waals surface area contributed by atoms with Crippen LogP contribution < -0.4 is 15.8 Å². The smallest absolute Gasteiger partial charge is 0.267 e. The predicted molar refractivity (Wildman–Crippen MR) is 82.1 cm³/mol. The van der Waals surface area contributed by atoms with Gasteiger partial charge in [0.1, 0.15) is 11.9 Å². The number of nitrogens with zero attached hydrogens (tertiary/aromatic N) is 5. The summed E-state index contributed by atoms with van der Waals surface area (Å²) in [5, 5.41) is 7.37. The highest BCUT2D eigenvalue weighted by atomic mass is 16.5. The number of rotatable bonds is 4. The fourth-order valence-electron chi connectivity index (χ4n) is 2.37. The molecule has 0 bridgehead atoms. The largest absolute Gasteiger partial charge is 0.377 e. The molecule has 2 unspecified atom stereocenters. The van der Waals surface area contributed by atoms with Gasteiger partial charge in [0.05, 0.1) is 19.3 Å². The lowest BCUT2D eigenvalue weighted by molar-refractivity contribution is 0.182. The van der Waals surface area contributed by atoms with Crippen molar-refractivity contribution < 1.29 is 4.74 Å². The van der Waals surface area contributed by atoms with E-state index < -0.39 is 0 Å². The molecule has 0 spiro atoms. The normalized spacial score (nSPS) is 20.8. The van der Waals surface area contributed by atoms with Crippen molar-refractivity contribution in [2.45, 2.75) is 12.1 Å². The Morgan fingerprint density at radius 2 is 2.18 bits per heavy atom. The third-order valence-corrected chi connectivity index (χ3v) is 3.52. The van der Waals surface area contributed by atoms with Crippen molar-refractivity contribution in [1.82, 2.24) is 19.7 Å². The summed E-state index contributed by atoms with van der Waals surface area (Å²) >= 11 is 0. The molecule has 2 aromatic rings. The van der Waals surface area contributed by atoms with Crippen LogP contribution >= 0.6 is 0 Å². The highest BCUT2D eigenvalue weighted by Gasteiger charge is 2.31. The molecule has 1 fully saturated rings. The number of nitrogens with one attached hydrogen (secondary N) is 1. The van der Waals surface area contributed by atoms with Crippen molar-refractivity contribution in [2.75, 3.05) is 37.5 Å². The fraction of sp³-hybridized carbons (Fsp3) is 0.429. The average molecular weight is 302 g/mol. The van der Waals surface area contributed by atoms with E-state index in [4.69, 9.17) is 4.74 Å². The Morgan fingerprint density at radius 1 is 1.32 bits per heavy atom. The van der Waals surface area contributed by atoms with Crippen LogP contribution in [-0.2, 0) is 4.74 Å². The van der Waals surface area contributed by atoms with Crippen LogP contribution in [0.15, 0.2) is 35.4 Å². The van der Waals surface area contributed by atoms with E-state index in [-0.39, 0.29) is 17.6 Å². The van der Waals surface area contributed by atoms with Gasteiger partial charge in [-0.2, -0.15) is 10.1 Å². The van der Waals surface area contributed by atoms with E-state index in [1.165, 1.54) is 10.7 Å². The molecular formula is C14H18N6O2. The summed E-state index contributed by atoms with van der Waals surface area (Å²) in [5.41, 5.74) is -0.146. The van der Waals surface area contributed by atoms with Gasteiger partial charge in [-0.3, -0.25) is 4.79 Å². The molecule has 8 nitrogen and oxygen atoms in total. The number of hydrogen-bond acceptors (Lipinski definition) is 7. The topological polar surface area (TPSA) is 85.2 Å². The molecule has 0 amide bonds. The molecule has 0 aromatic carbocycles. The highest BCUT2D eigenvalue weighted by Crippen LogP contribution is 2.20. The van der Waals surface area contributed by atoms with Crippen LogP contribution in [0.25, 0.3) is 0 Å². The summed E-state index contributed by atoms with van der Waals surface area (Å²) in [6, 6.07) is 4.66. The summed E-state index contributed by atoms with van der Waals surface area (Å²) in [7, 11) is 3.84. The molecule has 1 N–H and O–H groups in total. The van der Waals surface area contributed by atoms with Gasteiger partial charge in [0.2, 0.25) is 5.95 Å². The molecule has 2 aromatic heterocycles. The predicted octanol–water partition coefficient (Wildman–Crippen LogP) is 0.151. The van der Waals surface area contributed by atoms with Crippen LogP contribution in [0.2, 0.25) is 0 Å². The van der Waals surface area contributed by atoms with E-state index in [0.717, 1.165) is 5.82 Å². The van der Waals surface area contributed by atoms with E-state index in [1.54, 1.807) is 18.5 Å². The fourth-order valence-corrected chi connectivity index (χ4v) is 2.37. The number of ether oxygens (including phenoxy) is 1. The molecule has 0 radical (unpaired) electrons. The minimum absolute atomic E-state index is 0.106. The lowest BCUT2D eigenvalue weighted by Gasteiger charge is -2.20. The van der Waals surface area contributed by atoms with Gasteiger partial charge in [0.15, 0.2) is 0 Å². The average Bonchev–Trinajstić information content (AvgIpc) is 2.96. The van der Waals surface area contributed by atoms with Crippen molar-refractivity contribution in [1.29, 1.82) is 0 Å². The summed E-state index contributed by atoms with van der Waals surface area (Å²) in [5.74, 6) is 1.32. The first-order valence-corrected chi connectivity index (χ1v) is 7.03. The zero-order chi connectivity index (χ0) is 15.5. The molecule has 2 atom stereocenters. The molecule has 8 heteroatoms. The van der Waals surface area contributed by atoms with Gasteiger partial charge in [0, 0.05) is 32.6 Å². The minimum atomic E-state index is -0.180. The molecule has 1 aliphatic rings. The summed E-state index contributed by atoms with van der Waals surface area (Å²) in [6.07, 6.45) is 3.29. The SMILES string of the molecule is CN(C)c1ccnc(NC2COCC2n2ncccc2=O)n1. The Morgan fingerprint density at radius 3 is 2.95 bits per heavy atom. The number of anilines is 2. The van der Waals surface area contributed by atoms with E-state index in [0.29, 0.717) is 19.2 Å². The first-order chi connectivity index (χ1) is 10.6. The first-order valence-electron chi connectivity index (χ1n) is 7.03. The van der Waals surface area contributed by atoms with Gasteiger partial charge in [-0.05, 0) is 12.1 Å². The van der Waals surface area contributed by atoms with Crippen molar-refractivity contribution in [3.05, 3.63) is 40.9 Å². The number of hydrogen-bond donors (Lipinski definition) is 1.